The highest BCUT2D eigenvalue weighted by atomic mass is 16.1. The molecule has 0 aliphatic carbocycles. The summed E-state index contributed by atoms with van der Waals surface area (Å²) in [6, 6.07) is 19.6. The fourth-order valence-electron chi connectivity index (χ4n) is 3.58. The number of aromatic nitrogens is 5. The van der Waals surface area contributed by atoms with E-state index in [1.165, 1.54) is 0 Å². The second-order valence-electron chi connectivity index (χ2n) is 6.69. The molecule has 0 spiro atoms. The Kier molecular flexibility index (Phi) is 3.76. The largest absolute Gasteiger partial charge is 0.329 e. The minimum Gasteiger partial charge on any atom is -0.289 e. The SMILES string of the molecule is CC(c1ccccc1)n1c(=O)[nH]c2ncc(-c3ccnc4ccccc34)nc21. The highest BCUT2D eigenvalue weighted by Gasteiger charge is 2.18. The lowest BCUT2D eigenvalue weighted by Gasteiger charge is -2.13. The molecule has 3 heterocycles. The van der Waals surface area contributed by atoms with Gasteiger partial charge in [0.1, 0.15) is 0 Å². The van der Waals surface area contributed by atoms with Crippen molar-refractivity contribution in [2.24, 2.45) is 0 Å². The van der Waals surface area contributed by atoms with Crippen LogP contribution in [0.3, 0.4) is 0 Å². The van der Waals surface area contributed by atoms with E-state index in [-0.39, 0.29) is 11.7 Å². The minimum absolute atomic E-state index is 0.166. The zero-order valence-electron chi connectivity index (χ0n) is 15.2. The van der Waals surface area contributed by atoms with E-state index in [9.17, 15) is 4.79 Å². The van der Waals surface area contributed by atoms with Gasteiger partial charge in [-0.1, -0.05) is 48.5 Å². The van der Waals surface area contributed by atoms with E-state index in [1.54, 1.807) is 17.0 Å². The summed E-state index contributed by atoms with van der Waals surface area (Å²) in [5, 5.41) is 0.999. The first kappa shape index (κ1) is 16.4. The molecular weight excluding hydrogens is 350 g/mol. The number of hydrogen-bond donors (Lipinski definition) is 1. The molecule has 0 saturated carbocycles. The highest BCUT2D eigenvalue weighted by molar-refractivity contribution is 5.93. The van der Waals surface area contributed by atoms with Gasteiger partial charge in [-0.15, -0.1) is 0 Å². The molecule has 5 aromatic rings. The average Bonchev–Trinajstić information content (AvgIpc) is 3.08. The Hall–Kier alpha value is -3.80. The van der Waals surface area contributed by atoms with Crippen LogP contribution in [0.1, 0.15) is 18.5 Å². The van der Waals surface area contributed by atoms with Crippen LogP contribution in [-0.2, 0) is 0 Å². The van der Waals surface area contributed by atoms with Crippen molar-refractivity contribution in [1.82, 2.24) is 24.5 Å². The van der Waals surface area contributed by atoms with E-state index < -0.39 is 0 Å². The van der Waals surface area contributed by atoms with Crippen molar-refractivity contribution in [1.29, 1.82) is 0 Å². The number of pyridine rings is 1. The summed E-state index contributed by atoms with van der Waals surface area (Å²) in [5.74, 6) is 0. The summed E-state index contributed by atoms with van der Waals surface area (Å²) in [6.07, 6.45) is 3.46. The number of para-hydroxylation sites is 1. The summed E-state index contributed by atoms with van der Waals surface area (Å²) in [7, 11) is 0. The van der Waals surface area contributed by atoms with Gasteiger partial charge in [-0.3, -0.25) is 14.5 Å². The van der Waals surface area contributed by atoms with E-state index in [0.717, 1.165) is 22.0 Å². The fourth-order valence-corrected chi connectivity index (χ4v) is 3.58. The van der Waals surface area contributed by atoms with Gasteiger partial charge in [0, 0.05) is 17.1 Å². The number of H-pyrrole nitrogens is 1. The Balaban J connectivity index is 1.72. The Morgan fingerprint density at radius 1 is 0.964 bits per heavy atom. The quantitative estimate of drug-likeness (QED) is 0.524. The molecule has 28 heavy (non-hydrogen) atoms. The van der Waals surface area contributed by atoms with Gasteiger partial charge in [-0.25, -0.2) is 14.8 Å². The Labute approximate surface area is 160 Å². The molecule has 5 rings (SSSR count). The average molecular weight is 367 g/mol. The Morgan fingerprint density at radius 2 is 1.75 bits per heavy atom. The highest BCUT2D eigenvalue weighted by Crippen LogP contribution is 2.27. The standard InChI is InChI=1S/C22H17N5O/c1-14(15-7-3-2-4-8-15)27-21-20(26-22(27)28)24-13-19(25-21)17-11-12-23-18-10-6-5-9-16(17)18/h2-14H,1H3,(H,24,26,28). The third-order valence-corrected chi connectivity index (χ3v) is 5.02. The van der Waals surface area contributed by atoms with Crippen LogP contribution in [0, 0.1) is 0 Å². The Morgan fingerprint density at radius 3 is 2.61 bits per heavy atom. The molecule has 0 saturated heterocycles. The van der Waals surface area contributed by atoms with Gasteiger partial charge in [-0.05, 0) is 24.6 Å². The van der Waals surface area contributed by atoms with Crippen molar-refractivity contribution in [3.05, 3.63) is 89.1 Å². The smallest absolute Gasteiger partial charge is 0.289 e. The molecule has 0 aliphatic rings. The molecule has 0 amide bonds. The first-order valence-corrected chi connectivity index (χ1v) is 9.09. The minimum atomic E-state index is -0.219. The van der Waals surface area contributed by atoms with Crippen LogP contribution >= 0.6 is 0 Å². The molecule has 0 bridgehead atoms. The number of nitrogens with zero attached hydrogens (tertiary/aromatic N) is 4. The first-order valence-electron chi connectivity index (χ1n) is 9.09. The molecule has 1 atom stereocenters. The van der Waals surface area contributed by atoms with Crippen molar-refractivity contribution in [3.8, 4) is 11.3 Å². The van der Waals surface area contributed by atoms with Crippen LogP contribution in [0.2, 0.25) is 0 Å². The number of hydrogen-bond acceptors (Lipinski definition) is 4. The molecule has 1 N–H and O–H groups in total. The van der Waals surface area contributed by atoms with Crippen molar-refractivity contribution >= 4 is 22.2 Å². The number of rotatable bonds is 3. The third kappa shape index (κ3) is 2.58. The van der Waals surface area contributed by atoms with E-state index in [2.05, 4.69) is 15.0 Å². The number of aromatic amines is 1. The van der Waals surface area contributed by atoms with Crippen LogP contribution in [0.25, 0.3) is 33.5 Å². The molecular formula is C22H17N5O. The topological polar surface area (TPSA) is 76.5 Å². The van der Waals surface area contributed by atoms with Gasteiger partial charge >= 0.3 is 5.69 Å². The zero-order chi connectivity index (χ0) is 19.1. The summed E-state index contributed by atoms with van der Waals surface area (Å²) in [4.78, 5) is 29.1. The second-order valence-corrected chi connectivity index (χ2v) is 6.69. The van der Waals surface area contributed by atoms with E-state index in [4.69, 9.17) is 4.98 Å². The van der Waals surface area contributed by atoms with Crippen LogP contribution < -0.4 is 5.69 Å². The normalized spacial score (nSPS) is 12.5. The van der Waals surface area contributed by atoms with Gasteiger partial charge < -0.3 is 0 Å². The van der Waals surface area contributed by atoms with Gasteiger partial charge in [0.15, 0.2) is 11.3 Å². The lowest BCUT2D eigenvalue weighted by molar-refractivity contribution is 0.631. The lowest BCUT2D eigenvalue weighted by Crippen LogP contribution is -2.21. The number of imidazole rings is 1. The molecule has 0 radical (unpaired) electrons. The summed E-state index contributed by atoms with van der Waals surface area (Å²) >= 11 is 0. The Bertz CT molecular complexity index is 1350. The van der Waals surface area contributed by atoms with Crippen LogP contribution in [-0.4, -0.2) is 24.5 Å². The number of benzene rings is 2. The predicted molar refractivity (Wildman–Crippen MR) is 109 cm³/mol. The third-order valence-electron chi connectivity index (χ3n) is 5.02. The van der Waals surface area contributed by atoms with Crippen LogP contribution in [0.5, 0.6) is 0 Å². The van der Waals surface area contributed by atoms with E-state index in [1.807, 2.05) is 67.6 Å². The number of fused-ring (bicyclic) bond motifs is 2. The molecule has 3 aromatic heterocycles. The van der Waals surface area contributed by atoms with E-state index in [0.29, 0.717) is 17.0 Å². The summed E-state index contributed by atoms with van der Waals surface area (Å²) in [5.41, 5.74) is 4.38. The van der Waals surface area contributed by atoms with Gasteiger partial charge in [0.25, 0.3) is 0 Å². The van der Waals surface area contributed by atoms with Crippen LogP contribution in [0.4, 0.5) is 0 Å². The molecule has 6 nitrogen and oxygen atoms in total. The first-order chi connectivity index (χ1) is 13.7. The van der Waals surface area contributed by atoms with Gasteiger partial charge in [0.05, 0.1) is 23.4 Å². The van der Waals surface area contributed by atoms with E-state index >= 15 is 0 Å². The van der Waals surface area contributed by atoms with Crippen molar-refractivity contribution in [2.45, 2.75) is 13.0 Å². The lowest BCUT2D eigenvalue weighted by atomic mass is 10.1. The monoisotopic (exact) mass is 367 g/mol. The summed E-state index contributed by atoms with van der Waals surface area (Å²) in [6.45, 7) is 1.99. The maximum absolute atomic E-state index is 12.6. The van der Waals surface area contributed by atoms with Crippen molar-refractivity contribution in [3.63, 3.8) is 0 Å². The maximum atomic E-state index is 12.6. The fraction of sp³-hybridized carbons (Fsp3) is 0.0909. The molecule has 6 heteroatoms. The molecule has 0 aliphatic heterocycles. The molecule has 136 valence electrons. The predicted octanol–water partition coefficient (Wildman–Crippen LogP) is 3.94. The molecule has 1 unspecified atom stereocenters. The number of nitrogens with one attached hydrogen (secondary N) is 1. The molecule has 2 aromatic carbocycles. The van der Waals surface area contributed by atoms with Crippen molar-refractivity contribution < 1.29 is 0 Å². The zero-order valence-corrected chi connectivity index (χ0v) is 15.2. The van der Waals surface area contributed by atoms with Crippen LogP contribution in [0.15, 0.2) is 77.9 Å². The summed E-state index contributed by atoms with van der Waals surface area (Å²) < 4.78 is 1.66. The van der Waals surface area contributed by atoms with Gasteiger partial charge in [-0.2, -0.15) is 0 Å². The second kappa shape index (κ2) is 6.42. The van der Waals surface area contributed by atoms with Crippen molar-refractivity contribution in [2.75, 3.05) is 0 Å². The molecule has 0 fully saturated rings. The maximum Gasteiger partial charge on any atom is 0.329 e. The van der Waals surface area contributed by atoms with Gasteiger partial charge in [0.2, 0.25) is 0 Å².